The molecule has 6 heteroatoms. The van der Waals surface area contributed by atoms with E-state index in [9.17, 15) is 4.79 Å². The minimum Gasteiger partial charge on any atom is -0.471 e. The molecule has 3 aromatic rings. The van der Waals surface area contributed by atoms with Crippen molar-refractivity contribution >= 4 is 5.91 Å². The normalized spacial score (nSPS) is 14.2. The van der Waals surface area contributed by atoms with E-state index in [0.717, 1.165) is 11.3 Å². The first kappa shape index (κ1) is 15.4. The maximum absolute atomic E-state index is 12.5. The molecule has 126 valence electrons. The predicted molar refractivity (Wildman–Crippen MR) is 91.2 cm³/mol. The number of ether oxygens (including phenoxy) is 1. The summed E-state index contributed by atoms with van der Waals surface area (Å²) in [5.41, 5.74) is 2.11. The van der Waals surface area contributed by atoms with Gasteiger partial charge in [-0.1, -0.05) is 41.6 Å². The molecule has 3 heterocycles. The molecule has 0 bridgehead atoms. The molecule has 1 aliphatic rings. The smallest absolute Gasteiger partial charge is 0.276 e. The van der Waals surface area contributed by atoms with E-state index in [2.05, 4.69) is 10.1 Å². The van der Waals surface area contributed by atoms with Crippen LogP contribution >= 0.6 is 0 Å². The number of benzene rings is 1. The average molecular weight is 335 g/mol. The molecule has 1 fully saturated rings. The van der Waals surface area contributed by atoms with Gasteiger partial charge >= 0.3 is 0 Å². The number of carbonyl (C=O) groups is 1. The lowest BCUT2D eigenvalue weighted by molar-refractivity contribution is 0.0152. The number of aryl methyl sites for hydroxylation is 1. The van der Waals surface area contributed by atoms with Crippen molar-refractivity contribution in [2.24, 2.45) is 0 Å². The second-order valence-corrected chi connectivity index (χ2v) is 6.01. The standard InChI is InChI=1S/C19H17N3O3/c1-13-6-5-9-18(20-13)24-15-11-22(12-15)19(23)16-10-17(25-21-16)14-7-3-2-4-8-14/h2-10,15H,11-12H2,1H3. The van der Waals surface area contributed by atoms with Crippen LogP contribution in [0.25, 0.3) is 11.3 Å². The van der Waals surface area contributed by atoms with Crippen LogP contribution in [0.4, 0.5) is 0 Å². The lowest BCUT2D eigenvalue weighted by Gasteiger charge is -2.38. The molecule has 0 spiro atoms. The van der Waals surface area contributed by atoms with Crippen molar-refractivity contribution in [3.8, 4) is 17.2 Å². The summed E-state index contributed by atoms with van der Waals surface area (Å²) in [6.07, 6.45) is -0.0428. The summed E-state index contributed by atoms with van der Waals surface area (Å²) in [6, 6.07) is 16.9. The quantitative estimate of drug-likeness (QED) is 0.733. The molecular formula is C19H17N3O3. The molecule has 0 atom stereocenters. The topological polar surface area (TPSA) is 68.5 Å². The highest BCUT2D eigenvalue weighted by Crippen LogP contribution is 2.23. The first-order valence-electron chi connectivity index (χ1n) is 8.11. The van der Waals surface area contributed by atoms with E-state index < -0.39 is 0 Å². The van der Waals surface area contributed by atoms with Crippen molar-refractivity contribution < 1.29 is 14.1 Å². The predicted octanol–water partition coefficient (Wildman–Crippen LogP) is 2.95. The largest absolute Gasteiger partial charge is 0.471 e. The van der Waals surface area contributed by atoms with E-state index in [1.165, 1.54) is 0 Å². The van der Waals surface area contributed by atoms with Gasteiger partial charge in [-0.15, -0.1) is 0 Å². The van der Waals surface area contributed by atoms with Crippen molar-refractivity contribution in [2.75, 3.05) is 13.1 Å². The molecule has 2 aromatic heterocycles. The fraction of sp³-hybridized carbons (Fsp3) is 0.211. The summed E-state index contributed by atoms with van der Waals surface area (Å²) in [7, 11) is 0. The zero-order valence-corrected chi connectivity index (χ0v) is 13.8. The van der Waals surface area contributed by atoms with Crippen molar-refractivity contribution in [3.63, 3.8) is 0 Å². The van der Waals surface area contributed by atoms with Crippen LogP contribution in [0.2, 0.25) is 0 Å². The van der Waals surface area contributed by atoms with Gasteiger partial charge in [-0.3, -0.25) is 4.79 Å². The Morgan fingerprint density at radius 3 is 2.72 bits per heavy atom. The van der Waals surface area contributed by atoms with Crippen LogP contribution in [0.3, 0.4) is 0 Å². The molecule has 0 radical (unpaired) electrons. The van der Waals surface area contributed by atoms with Crippen LogP contribution in [0.1, 0.15) is 16.2 Å². The fourth-order valence-electron chi connectivity index (χ4n) is 2.71. The van der Waals surface area contributed by atoms with Crippen molar-refractivity contribution in [2.45, 2.75) is 13.0 Å². The number of amides is 1. The highest BCUT2D eigenvalue weighted by molar-refractivity contribution is 5.93. The van der Waals surface area contributed by atoms with Crippen molar-refractivity contribution in [3.05, 3.63) is 66.0 Å². The van der Waals surface area contributed by atoms with Gasteiger partial charge in [0.2, 0.25) is 5.88 Å². The SMILES string of the molecule is Cc1cccc(OC2CN(C(=O)c3cc(-c4ccccc4)on3)C2)n1. The fourth-order valence-corrected chi connectivity index (χ4v) is 2.71. The Kier molecular flexibility index (Phi) is 3.93. The molecule has 0 saturated carbocycles. The highest BCUT2D eigenvalue weighted by Gasteiger charge is 2.34. The zero-order valence-electron chi connectivity index (χ0n) is 13.8. The highest BCUT2D eigenvalue weighted by atomic mass is 16.5. The molecule has 1 aliphatic heterocycles. The second-order valence-electron chi connectivity index (χ2n) is 6.01. The van der Waals surface area contributed by atoms with Crippen LogP contribution in [0, 0.1) is 6.92 Å². The molecule has 1 aromatic carbocycles. The molecule has 0 aliphatic carbocycles. The number of hydrogen-bond acceptors (Lipinski definition) is 5. The number of nitrogens with zero attached hydrogens (tertiary/aromatic N) is 3. The summed E-state index contributed by atoms with van der Waals surface area (Å²) in [4.78, 5) is 18.5. The minimum absolute atomic E-state index is 0.0428. The number of carbonyl (C=O) groups excluding carboxylic acids is 1. The van der Waals surface area contributed by atoms with Gasteiger partial charge in [-0.25, -0.2) is 4.98 Å². The molecule has 1 amide bonds. The first-order valence-corrected chi connectivity index (χ1v) is 8.11. The molecule has 4 rings (SSSR count). The van der Waals surface area contributed by atoms with Gasteiger partial charge in [0.25, 0.3) is 5.91 Å². The monoisotopic (exact) mass is 335 g/mol. The van der Waals surface area contributed by atoms with Gasteiger partial charge in [-0.2, -0.15) is 0 Å². The van der Waals surface area contributed by atoms with Gasteiger partial charge in [0, 0.05) is 23.4 Å². The Morgan fingerprint density at radius 2 is 1.96 bits per heavy atom. The summed E-state index contributed by atoms with van der Waals surface area (Å²) in [5.74, 6) is 1.02. The number of hydrogen-bond donors (Lipinski definition) is 0. The van der Waals surface area contributed by atoms with Gasteiger partial charge in [0.1, 0.15) is 6.10 Å². The van der Waals surface area contributed by atoms with Crippen molar-refractivity contribution in [1.82, 2.24) is 15.0 Å². The van der Waals surface area contributed by atoms with Crippen LogP contribution in [0.5, 0.6) is 5.88 Å². The summed E-state index contributed by atoms with van der Waals surface area (Å²) in [6.45, 7) is 2.95. The molecule has 6 nitrogen and oxygen atoms in total. The van der Waals surface area contributed by atoms with Gasteiger partial charge in [0.15, 0.2) is 11.5 Å². The first-order chi connectivity index (χ1) is 12.2. The van der Waals surface area contributed by atoms with E-state index in [0.29, 0.717) is 30.4 Å². The van der Waals surface area contributed by atoms with Crippen molar-refractivity contribution in [1.29, 1.82) is 0 Å². The van der Waals surface area contributed by atoms with E-state index in [-0.39, 0.29) is 12.0 Å². The van der Waals surface area contributed by atoms with Crippen LogP contribution in [-0.4, -0.2) is 40.1 Å². The third kappa shape index (κ3) is 3.24. The summed E-state index contributed by atoms with van der Waals surface area (Å²) >= 11 is 0. The minimum atomic E-state index is -0.150. The number of rotatable bonds is 4. The third-order valence-electron chi connectivity index (χ3n) is 4.07. The Labute approximate surface area is 145 Å². The lowest BCUT2D eigenvalue weighted by Crippen LogP contribution is -2.56. The molecule has 25 heavy (non-hydrogen) atoms. The van der Waals surface area contributed by atoms with E-state index >= 15 is 0 Å². The Bertz CT molecular complexity index is 886. The average Bonchev–Trinajstić information content (AvgIpc) is 3.08. The molecule has 0 unspecified atom stereocenters. The molecular weight excluding hydrogens is 318 g/mol. The molecule has 1 saturated heterocycles. The number of likely N-dealkylation sites (tertiary alicyclic amines) is 1. The summed E-state index contributed by atoms with van der Waals surface area (Å²) < 4.78 is 11.1. The second kappa shape index (κ2) is 6.39. The Hall–Kier alpha value is -3.15. The number of aromatic nitrogens is 2. The van der Waals surface area contributed by atoms with Gasteiger partial charge < -0.3 is 14.2 Å². The van der Waals surface area contributed by atoms with Crippen LogP contribution < -0.4 is 4.74 Å². The third-order valence-corrected chi connectivity index (χ3v) is 4.07. The Balaban J connectivity index is 1.36. The maximum Gasteiger partial charge on any atom is 0.276 e. The van der Waals surface area contributed by atoms with Gasteiger partial charge in [-0.05, 0) is 13.0 Å². The summed E-state index contributed by atoms with van der Waals surface area (Å²) in [5, 5.41) is 3.90. The molecule has 0 N–H and O–H groups in total. The van der Waals surface area contributed by atoms with Gasteiger partial charge in [0.05, 0.1) is 13.1 Å². The lowest BCUT2D eigenvalue weighted by atomic mass is 10.1. The number of pyridine rings is 1. The van der Waals surface area contributed by atoms with E-state index in [4.69, 9.17) is 9.26 Å². The Morgan fingerprint density at radius 1 is 1.16 bits per heavy atom. The van der Waals surface area contributed by atoms with Crippen LogP contribution in [-0.2, 0) is 0 Å². The zero-order chi connectivity index (χ0) is 17.2. The van der Waals surface area contributed by atoms with E-state index in [1.807, 2.05) is 55.5 Å². The van der Waals surface area contributed by atoms with E-state index in [1.54, 1.807) is 11.0 Å². The maximum atomic E-state index is 12.5. The van der Waals surface area contributed by atoms with Crippen LogP contribution in [0.15, 0.2) is 59.1 Å².